The van der Waals surface area contributed by atoms with Crippen LogP contribution in [0.3, 0.4) is 0 Å². The number of nitrogens with one attached hydrogen (secondary N) is 1. The molecule has 19 heavy (non-hydrogen) atoms. The Morgan fingerprint density at radius 2 is 2.26 bits per heavy atom. The lowest BCUT2D eigenvalue weighted by atomic mass is 10.3. The summed E-state index contributed by atoms with van der Waals surface area (Å²) in [5, 5.41) is 12.3. The first-order valence-electron chi connectivity index (χ1n) is 6.05. The number of nitrogens with zero attached hydrogens (tertiary/aromatic N) is 3. The highest BCUT2D eigenvalue weighted by Crippen LogP contribution is 2.41. The zero-order valence-corrected chi connectivity index (χ0v) is 10.9. The molecular weight excluding hydrogens is 260 g/mol. The molecule has 2 aromatic heterocycles. The fourth-order valence-electron chi connectivity index (χ4n) is 1.56. The molecule has 5 nitrogen and oxygen atoms in total. The van der Waals surface area contributed by atoms with Crippen LogP contribution >= 0.6 is 11.3 Å². The fourth-order valence-corrected chi connectivity index (χ4v) is 2.48. The average Bonchev–Trinajstić information content (AvgIpc) is 3.19. The Morgan fingerprint density at radius 3 is 3.00 bits per heavy atom. The Bertz CT molecular complexity index is 604. The third-order valence-corrected chi connectivity index (χ3v) is 3.69. The normalized spacial score (nSPS) is 14.7. The van der Waals surface area contributed by atoms with Crippen LogP contribution in [-0.4, -0.2) is 21.1 Å². The number of anilines is 1. The molecule has 0 radical (unpaired) electrons. The molecule has 0 saturated heterocycles. The summed E-state index contributed by atoms with van der Waals surface area (Å²) in [5.41, 5.74) is 0.744. The van der Waals surface area contributed by atoms with Crippen LogP contribution in [0.2, 0.25) is 0 Å². The number of amides is 1. The van der Waals surface area contributed by atoms with Gasteiger partial charge in [0.2, 0.25) is 11.0 Å². The summed E-state index contributed by atoms with van der Waals surface area (Å²) in [4.78, 5) is 15.8. The Kier molecular flexibility index (Phi) is 3.33. The van der Waals surface area contributed by atoms with Crippen LogP contribution in [-0.2, 0) is 4.79 Å². The smallest absolute Gasteiger partial charge is 0.250 e. The van der Waals surface area contributed by atoms with E-state index in [2.05, 4.69) is 20.5 Å². The predicted octanol–water partition coefficient (Wildman–Crippen LogP) is 2.46. The van der Waals surface area contributed by atoms with Crippen molar-refractivity contribution in [1.29, 1.82) is 0 Å². The monoisotopic (exact) mass is 272 g/mol. The molecule has 0 atom stereocenters. The van der Waals surface area contributed by atoms with Gasteiger partial charge in [0.1, 0.15) is 5.01 Å². The number of hydrogen-bond donors (Lipinski definition) is 1. The van der Waals surface area contributed by atoms with E-state index >= 15 is 0 Å². The minimum absolute atomic E-state index is 0.218. The van der Waals surface area contributed by atoms with Crippen molar-refractivity contribution in [2.45, 2.75) is 18.8 Å². The van der Waals surface area contributed by atoms with E-state index in [4.69, 9.17) is 0 Å². The van der Waals surface area contributed by atoms with Crippen molar-refractivity contribution in [3.05, 3.63) is 41.2 Å². The summed E-state index contributed by atoms with van der Waals surface area (Å²) >= 11 is 1.45. The Hall–Kier alpha value is -2.08. The third-order valence-electron chi connectivity index (χ3n) is 2.69. The van der Waals surface area contributed by atoms with Gasteiger partial charge in [-0.1, -0.05) is 17.4 Å². The standard InChI is InChI=1S/C13H12N4OS/c18-11(7-6-10-3-1-2-8-14-10)15-13-17-16-12(19-13)9-4-5-9/h1-3,6-9H,4-5H2,(H,15,17,18)/b7-6+. The first kappa shape index (κ1) is 12.0. The van der Waals surface area contributed by atoms with Crippen molar-refractivity contribution < 1.29 is 4.79 Å². The van der Waals surface area contributed by atoms with E-state index in [1.54, 1.807) is 12.3 Å². The topological polar surface area (TPSA) is 67.8 Å². The molecule has 0 bridgehead atoms. The Morgan fingerprint density at radius 1 is 1.37 bits per heavy atom. The maximum atomic E-state index is 11.7. The Labute approximate surface area is 114 Å². The van der Waals surface area contributed by atoms with Gasteiger partial charge in [0, 0.05) is 18.2 Å². The summed E-state index contributed by atoms with van der Waals surface area (Å²) in [5.74, 6) is 0.344. The molecule has 0 unspecified atom stereocenters. The van der Waals surface area contributed by atoms with Crippen molar-refractivity contribution in [1.82, 2.24) is 15.2 Å². The van der Waals surface area contributed by atoms with Crippen LogP contribution < -0.4 is 5.32 Å². The lowest BCUT2D eigenvalue weighted by molar-refractivity contribution is -0.111. The summed E-state index contributed by atoms with van der Waals surface area (Å²) in [6, 6.07) is 5.54. The lowest BCUT2D eigenvalue weighted by Crippen LogP contribution is -2.07. The highest BCUT2D eigenvalue weighted by atomic mass is 32.1. The molecule has 1 N–H and O–H groups in total. The van der Waals surface area contributed by atoms with Crippen LogP contribution in [0.4, 0.5) is 5.13 Å². The van der Waals surface area contributed by atoms with Crippen molar-refractivity contribution >= 4 is 28.5 Å². The van der Waals surface area contributed by atoms with E-state index < -0.39 is 0 Å². The van der Waals surface area contributed by atoms with Crippen LogP contribution in [0.5, 0.6) is 0 Å². The number of carbonyl (C=O) groups is 1. The summed E-state index contributed by atoms with van der Waals surface area (Å²) < 4.78 is 0. The molecule has 1 aliphatic rings. The number of pyridine rings is 1. The second-order valence-electron chi connectivity index (χ2n) is 4.30. The van der Waals surface area contributed by atoms with Gasteiger partial charge in [-0.25, -0.2) is 0 Å². The average molecular weight is 272 g/mol. The zero-order chi connectivity index (χ0) is 13.1. The van der Waals surface area contributed by atoms with E-state index in [0.717, 1.165) is 10.7 Å². The highest BCUT2D eigenvalue weighted by molar-refractivity contribution is 7.15. The molecule has 96 valence electrons. The molecule has 1 fully saturated rings. The minimum Gasteiger partial charge on any atom is -0.297 e. The largest absolute Gasteiger partial charge is 0.297 e. The lowest BCUT2D eigenvalue weighted by Gasteiger charge is -1.94. The van der Waals surface area contributed by atoms with Crippen LogP contribution in [0.1, 0.15) is 29.5 Å². The summed E-state index contributed by atoms with van der Waals surface area (Å²) in [7, 11) is 0. The molecule has 6 heteroatoms. The number of aromatic nitrogens is 3. The molecule has 0 aromatic carbocycles. The van der Waals surface area contributed by atoms with Crippen molar-refractivity contribution in [2.75, 3.05) is 5.32 Å². The van der Waals surface area contributed by atoms with E-state index in [1.807, 2.05) is 18.2 Å². The van der Waals surface area contributed by atoms with Gasteiger partial charge in [-0.15, -0.1) is 10.2 Å². The van der Waals surface area contributed by atoms with E-state index in [0.29, 0.717) is 11.0 Å². The van der Waals surface area contributed by atoms with Crippen LogP contribution in [0.15, 0.2) is 30.5 Å². The van der Waals surface area contributed by atoms with E-state index in [1.165, 1.54) is 30.3 Å². The first-order valence-corrected chi connectivity index (χ1v) is 6.86. The molecule has 3 rings (SSSR count). The van der Waals surface area contributed by atoms with Gasteiger partial charge in [0.25, 0.3) is 0 Å². The van der Waals surface area contributed by atoms with Crippen LogP contribution in [0.25, 0.3) is 6.08 Å². The number of rotatable bonds is 4. The summed E-state index contributed by atoms with van der Waals surface area (Å²) in [6.07, 6.45) is 7.16. The molecule has 1 aliphatic carbocycles. The van der Waals surface area contributed by atoms with Gasteiger partial charge in [-0.2, -0.15) is 0 Å². The van der Waals surface area contributed by atoms with Gasteiger partial charge >= 0.3 is 0 Å². The summed E-state index contributed by atoms with van der Waals surface area (Å²) in [6.45, 7) is 0. The van der Waals surface area contributed by atoms with Crippen molar-refractivity contribution in [3.63, 3.8) is 0 Å². The molecule has 2 aromatic rings. The molecule has 0 spiro atoms. The third kappa shape index (κ3) is 3.23. The van der Waals surface area contributed by atoms with Gasteiger partial charge < -0.3 is 0 Å². The van der Waals surface area contributed by atoms with Gasteiger partial charge in [0.05, 0.1) is 5.69 Å². The molecule has 0 aliphatic heterocycles. The zero-order valence-electron chi connectivity index (χ0n) is 10.1. The molecule has 2 heterocycles. The van der Waals surface area contributed by atoms with E-state index in [9.17, 15) is 4.79 Å². The Balaban J connectivity index is 1.59. The number of carbonyl (C=O) groups excluding carboxylic acids is 1. The fraction of sp³-hybridized carbons (Fsp3) is 0.231. The molecular formula is C13H12N4OS. The second kappa shape index (κ2) is 5.27. The quantitative estimate of drug-likeness (QED) is 0.868. The first-order chi connectivity index (χ1) is 9.31. The maximum absolute atomic E-state index is 11.7. The van der Waals surface area contributed by atoms with E-state index in [-0.39, 0.29) is 5.91 Å². The SMILES string of the molecule is O=C(/C=C/c1ccccn1)Nc1nnc(C2CC2)s1. The minimum atomic E-state index is -0.218. The van der Waals surface area contributed by atoms with Gasteiger partial charge in [0.15, 0.2) is 0 Å². The van der Waals surface area contributed by atoms with Crippen molar-refractivity contribution in [3.8, 4) is 0 Å². The number of hydrogen-bond acceptors (Lipinski definition) is 5. The maximum Gasteiger partial charge on any atom is 0.250 e. The predicted molar refractivity (Wildman–Crippen MR) is 73.8 cm³/mol. The molecule has 1 saturated carbocycles. The van der Waals surface area contributed by atoms with Gasteiger partial charge in [-0.3, -0.25) is 15.1 Å². The van der Waals surface area contributed by atoms with Gasteiger partial charge in [-0.05, 0) is 31.1 Å². The highest BCUT2D eigenvalue weighted by Gasteiger charge is 2.27. The molecule has 1 amide bonds. The van der Waals surface area contributed by atoms with Crippen LogP contribution in [0, 0.1) is 0 Å². The second-order valence-corrected chi connectivity index (χ2v) is 5.31. The van der Waals surface area contributed by atoms with Crippen molar-refractivity contribution in [2.24, 2.45) is 0 Å².